The Hall–Kier alpha value is -1.28. The number of nitrogens with two attached hydrogens (primary N) is 1. The number of hydrogen-bond donors (Lipinski definition) is 1. The minimum absolute atomic E-state index is 0.159. The SMILES string of the molecule is CC(C)(C)C(N)CCc1cc2ccccc2o1. The Morgan fingerprint density at radius 3 is 2.59 bits per heavy atom. The highest BCUT2D eigenvalue weighted by Crippen LogP contribution is 2.24. The third-order valence-corrected chi connectivity index (χ3v) is 3.29. The zero-order valence-electron chi connectivity index (χ0n) is 10.9. The second-order valence-electron chi connectivity index (χ2n) is 5.76. The molecule has 92 valence electrons. The van der Waals surface area contributed by atoms with Gasteiger partial charge in [0.2, 0.25) is 0 Å². The first-order chi connectivity index (χ1) is 7.97. The van der Waals surface area contributed by atoms with E-state index in [-0.39, 0.29) is 11.5 Å². The monoisotopic (exact) mass is 231 g/mol. The summed E-state index contributed by atoms with van der Waals surface area (Å²) in [5.41, 5.74) is 7.27. The Balaban J connectivity index is 2.04. The van der Waals surface area contributed by atoms with Crippen molar-refractivity contribution in [2.45, 2.75) is 39.7 Å². The molecule has 0 fully saturated rings. The van der Waals surface area contributed by atoms with Crippen LogP contribution in [0.5, 0.6) is 0 Å². The van der Waals surface area contributed by atoms with Crippen LogP contribution in [-0.4, -0.2) is 6.04 Å². The second kappa shape index (κ2) is 4.53. The topological polar surface area (TPSA) is 39.2 Å². The van der Waals surface area contributed by atoms with Gasteiger partial charge < -0.3 is 10.2 Å². The normalized spacial score (nSPS) is 14.1. The number of rotatable bonds is 3. The van der Waals surface area contributed by atoms with Crippen molar-refractivity contribution >= 4 is 11.0 Å². The van der Waals surface area contributed by atoms with Crippen molar-refractivity contribution in [3.05, 3.63) is 36.1 Å². The molecule has 1 aromatic carbocycles. The molecule has 0 saturated carbocycles. The summed E-state index contributed by atoms with van der Waals surface area (Å²) in [7, 11) is 0. The van der Waals surface area contributed by atoms with Crippen molar-refractivity contribution in [2.24, 2.45) is 11.1 Å². The maximum absolute atomic E-state index is 6.15. The van der Waals surface area contributed by atoms with E-state index in [1.165, 1.54) is 5.39 Å². The van der Waals surface area contributed by atoms with Gasteiger partial charge in [0.05, 0.1) is 0 Å². The summed E-state index contributed by atoms with van der Waals surface area (Å²) in [6.45, 7) is 6.53. The van der Waals surface area contributed by atoms with Gasteiger partial charge in [0.25, 0.3) is 0 Å². The molecule has 2 rings (SSSR count). The van der Waals surface area contributed by atoms with E-state index in [9.17, 15) is 0 Å². The van der Waals surface area contributed by atoms with E-state index in [1.807, 2.05) is 18.2 Å². The summed E-state index contributed by atoms with van der Waals surface area (Å²) in [5.74, 6) is 1.03. The summed E-state index contributed by atoms with van der Waals surface area (Å²) in [5, 5.41) is 1.17. The lowest BCUT2D eigenvalue weighted by Crippen LogP contribution is -2.35. The molecule has 0 aliphatic carbocycles. The lowest BCUT2D eigenvalue weighted by molar-refractivity contribution is 0.301. The van der Waals surface area contributed by atoms with E-state index in [0.717, 1.165) is 24.2 Å². The highest BCUT2D eigenvalue weighted by molar-refractivity contribution is 5.77. The van der Waals surface area contributed by atoms with Crippen LogP contribution in [0, 0.1) is 5.41 Å². The van der Waals surface area contributed by atoms with Gasteiger partial charge in [-0.3, -0.25) is 0 Å². The van der Waals surface area contributed by atoms with E-state index >= 15 is 0 Å². The van der Waals surface area contributed by atoms with Crippen LogP contribution in [-0.2, 0) is 6.42 Å². The van der Waals surface area contributed by atoms with Gasteiger partial charge in [-0.2, -0.15) is 0 Å². The fraction of sp³-hybridized carbons (Fsp3) is 0.467. The first-order valence-electron chi connectivity index (χ1n) is 6.20. The predicted molar refractivity (Wildman–Crippen MR) is 72.0 cm³/mol. The molecule has 0 aliphatic rings. The van der Waals surface area contributed by atoms with E-state index in [1.54, 1.807) is 0 Å². The maximum Gasteiger partial charge on any atom is 0.134 e. The largest absolute Gasteiger partial charge is 0.461 e. The Morgan fingerprint density at radius 1 is 1.24 bits per heavy atom. The third kappa shape index (κ3) is 2.89. The number of fused-ring (bicyclic) bond motifs is 1. The van der Waals surface area contributed by atoms with Crippen molar-refractivity contribution < 1.29 is 4.42 Å². The Labute approximate surface area is 103 Å². The minimum atomic E-state index is 0.159. The van der Waals surface area contributed by atoms with Crippen LogP contribution in [0.3, 0.4) is 0 Å². The summed E-state index contributed by atoms with van der Waals surface area (Å²) in [6, 6.07) is 10.4. The summed E-state index contributed by atoms with van der Waals surface area (Å²) >= 11 is 0. The number of hydrogen-bond acceptors (Lipinski definition) is 2. The molecule has 0 aliphatic heterocycles. The first kappa shape index (κ1) is 12.2. The van der Waals surface area contributed by atoms with E-state index in [2.05, 4.69) is 32.9 Å². The molecule has 0 bridgehead atoms. The predicted octanol–water partition coefficient (Wildman–Crippen LogP) is 3.74. The molecule has 1 unspecified atom stereocenters. The van der Waals surface area contributed by atoms with E-state index in [4.69, 9.17) is 10.2 Å². The molecule has 2 aromatic rings. The molecule has 2 N–H and O–H groups in total. The van der Waals surface area contributed by atoms with Gasteiger partial charge in [-0.1, -0.05) is 39.0 Å². The van der Waals surface area contributed by atoms with Gasteiger partial charge in [0.1, 0.15) is 11.3 Å². The number of benzene rings is 1. The van der Waals surface area contributed by atoms with Gasteiger partial charge in [0.15, 0.2) is 0 Å². The van der Waals surface area contributed by atoms with Crippen LogP contribution in [0.15, 0.2) is 34.7 Å². The summed E-state index contributed by atoms with van der Waals surface area (Å²) in [4.78, 5) is 0. The van der Waals surface area contributed by atoms with Crippen LogP contribution in [0.1, 0.15) is 33.0 Å². The van der Waals surface area contributed by atoms with Crippen LogP contribution < -0.4 is 5.73 Å². The van der Waals surface area contributed by atoms with Gasteiger partial charge in [-0.15, -0.1) is 0 Å². The van der Waals surface area contributed by atoms with Crippen molar-refractivity contribution in [1.29, 1.82) is 0 Å². The van der Waals surface area contributed by atoms with Gasteiger partial charge >= 0.3 is 0 Å². The van der Waals surface area contributed by atoms with Gasteiger partial charge in [-0.25, -0.2) is 0 Å². The zero-order chi connectivity index (χ0) is 12.5. The Bertz CT molecular complexity index is 460. The van der Waals surface area contributed by atoms with Gasteiger partial charge in [0, 0.05) is 17.8 Å². The molecule has 1 heterocycles. The lowest BCUT2D eigenvalue weighted by atomic mass is 9.84. The molecule has 0 amide bonds. The highest BCUT2D eigenvalue weighted by atomic mass is 16.3. The minimum Gasteiger partial charge on any atom is -0.461 e. The first-order valence-corrected chi connectivity index (χ1v) is 6.20. The maximum atomic E-state index is 6.15. The average molecular weight is 231 g/mol. The number of furan rings is 1. The summed E-state index contributed by atoms with van der Waals surface area (Å²) < 4.78 is 5.78. The van der Waals surface area contributed by atoms with Crippen molar-refractivity contribution in [3.63, 3.8) is 0 Å². The molecule has 1 atom stereocenters. The van der Waals surface area contributed by atoms with Crippen LogP contribution >= 0.6 is 0 Å². The van der Waals surface area contributed by atoms with E-state index in [0.29, 0.717) is 0 Å². The Kier molecular flexibility index (Phi) is 3.25. The highest BCUT2D eigenvalue weighted by Gasteiger charge is 2.20. The molecule has 2 nitrogen and oxygen atoms in total. The zero-order valence-corrected chi connectivity index (χ0v) is 10.9. The molecular formula is C15H21NO. The van der Waals surface area contributed by atoms with Crippen molar-refractivity contribution in [2.75, 3.05) is 0 Å². The molecular weight excluding hydrogens is 210 g/mol. The quantitative estimate of drug-likeness (QED) is 0.874. The molecule has 0 saturated heterocycles. The third-order valence-electron chi connectivity index (χ3n) is 3.29. The standard InChI is InChI=1S/C15H21NO/c1-15(2,3)14(16)9-8-12-10-11-6-4-5-7-13(11)17-12/h4-7,10,14H,8-9,16H2,1-3H3. The average Bonchev–Trinajstić information content (AvgIpc) is 2.66. The van der Waals surface area contributed by atoms with Crippen LogP contribution in [0.2, 0.25) is 0 Å². The summed E-state index contributed by atoms with van der Waals surface area (Å²) in [6.07, 6.45) is 1.87. The number of para-hydroxylation sites is 1. The smallest absolute Gasteiger partial charge is 0.134 e. The van der Waals surface area contributed by atoms with Crippen molar-refractivity contribution in [3.8, 4) is 0 Å². The molecule has 0 radical (unpaired) electrons. The van der Waals surface area contributed by atoms with Crippen LogP contribution in [0.4, 0.5) is 0 Å². The molecule has 2 heteroatoms. The molecule has 0 spiro atoms. The van der Waals surface area contributed by atoms with Crippen molar-refractivity contribution in [1.82, 2.24) is 0 Å². The second-order valence-corrected chi connectivity index (χ2v) is 5.76. The van der Waals surface area contributed by atoms with Gasteiger partial charge in [-0.05, 0) is 24.0 Å². The van der Waals surface area contributed by atoms with E-state index < -0.39 is 0 Å². The fourth-order valence-electron chi connectivity index (χ4n) is 1.89. The molecule has 1 aromatic heterocycles. The Morgan fingerprint density at radius 2 is 1.94 bits per heavy atom. The number of aryl methyl sites for hydroxylation is 1. The fourth-order valence-corrected chi connectivity index (χ4v) is 1.89. The lowest BCUT2D eigenvalue weighted by Gasteiger charge is -2.26. The van der Waals surface area contributed by atoms with Crippen LogP contribution in [0.25, 0.3) is 11.0 Å². The molecule has 17 heavy (non-hydrogen) atoms.